The van der Waals surface area contributed by atoms with E-state index in [0.717, 1.165) is 26.1 Å². The molecule has 0 radical (unpaired) electrons. The minimum Gasteiger partial charge on any atom is -0.377 e. The summed E-state index contributed by atoms with van der Waals surface area (Å²) in [6.07, 6.45) is 6.99. The van der Waals surface area contributed by atoms with Crippen LogP contribution in [0.2, 0.25) is 0 Å². The summed E-state index contributed by atoms with van der Waals surface area (Å²) >= 11 is 0. The molecule has 1 aromatic rings. The Morgan fingerprint density at radius 3 is 3.06 bits per heavy atom. The lowest BCUT2D eigenvalue weighted by molar-refractivity contribution is 0.0881. The quantitative estimate of drug-likeness (QED) is 0.850. The first-order valence-electron chi connectivity index (χ1n) is 6.65. The zero-order chi connectivity index (χ0) is 12.3. The largest absolute Gasteiger partial charge is 0.377 e. The SMILES string of the molecule is CCCn1ccc(CNC2(C)CCOC2C)c1. The fraction of sp³-hybridized carbons (Fsp3) is 0.714. The molecule has 0 saturated carbocycles. The number of nitrogens with zero attached hydrogens (tertiary/aromatic N) is 1. The van der Waals surface area contributed by atoms with Crippen LogP contribution in [0.3, 0.4) is 0 Å². The third-order valence-corrected chi connectivity index (χ3v) is 3.88. The Bertz CT molecular complexity index is 361. The number of nitrogens with one attached hydrogen (secondary N) is 1. The molecule has 17 heavy (non-hydrogen) atoms. The van der Waals surface area contributed by atoms with Gasteiger partial charge in [-0.3, -0.25) is 0 Å². The minimum absolute atomic E-state index is 0.132. The fourth-order valence-electron chi connectivity index (χ4n) is 2.36. The molecule has 0 spiro atoms. The molecule has 0 amide bonds. The molecule has 1 aromatic heterocycles. The van der Waals surface area contributed by atoms with Crippen molar-refractivity contribution in [2.45, 2.75) is 58.3 Å². The van der Waals surface area contributed by atoms with E-state index in [4.69, 9.17) is 4.74 Å². The highest BCUT2D eigenvalue weighted by atomic mass is 16.5. The first-order chi connectivity index (χ1) is 8.14. The van der Waals surface area contributed by atoms with Crippen molar-refractivity contribution in [2.24, 2.45) is 0 Å². The number of aryl methyl sites for hydroxylation is 1. The standard InChI is InChI=1S/C14H24N2O/c1-4-7-16-8-5-13(11-16)10-15-14(3)6-9-17-12(14)2/h5,8,11-12,15H,4,6-7,9-10H2,1-3H3. The van der Waals surface area contributed by atoms with Crippen molar-refractivity contribution < 1.29 is 4.74 Å². The van der Waals surface area contributed by atoms with Crippen LogP contribution in [0.15, 0.2) is 18.5 Å². The van der Waals surface area contributed by atoms with E-state index in [1.807, 2.05) is 0 Å². The zero-order valence-corrected chi connectivity index (χ0v) is 11.2. The Kier molecular flexibility index (Phi) is 3.89. The molecule has 1 saturated heterocycles. The lowest BCUT2D eigenvalue weighted by Gasteiger charge is -2.28. The van der Waals surface area contributed by atoms with E-state index in [-0.39, 0.29) is 5.54 Å². The van der Waals surface area contributed by atoms with Gasteiger partial charge < -0.3 is 14.6 Å². The summed E-state index contributed by atoms with van der Waals surface area (Å²) in [6, 6.07) is 2.20. The van der Waals surface area contributed by atoms with Crippen molar-refractivity contribution in [3.05, 3.63) is 24.0 Å². The Morgan fingerprint density at radius 1 is 1.59 bits per heavy atom. The number of hydrogen-bond acceptors (Lipinski definition) is 2. The van der Waals surface area contributed by atoms with Gasteiger partial charge in [0.25, 0.3) is 0 Å². The third-order valence-electron chi connectivity index (χ3n) is 3.88. The molecule has 2 unspecified atom stereocenters. The van der Waals surface area contributed by atoms with Gasteiger partial charge in [-0.15, -0.1) is 0 Å². The normalized spacial score (nSPS) is 28.8. The monoisotopic (exact) mass is 236 g/mol. The Morgan fingerprint density at radius 2 is 2.41 bits per heavy atom. The Balaban J connectivity index is 1.88. The average Bonchev–Trinajstić information content (AvgIpc) is 2.86. The summed E-state index contributed by atoms with van der Waals surface area (Å²) in [7, 11) is 0. The highest BCUT2D eigenvalue weighted by molar-refractivity contribution is 5.11. The Hall–Kier alpha value is -0.800. The lowest BCUT2D eigenvalue weighted by atomic mass is 9.94. The molecular formula is C14H24N2O. The van der Waals surface area contributed by atoms with Crippen molar-refractivity contribution in [3.8, 4) is 0 Å². The maximum atomic E-state index is 5.63. The van der Waals surface area contributed by atoms with Crippen LogP contribution in [-0.2, 0) is 17.8 Å². The maximum absolute atomic E-state index is 5.63. The minimum atomic E-state index is 0.132. The summed E-state index contributed by atoms with van der Waals surface area (Å²) in [6.45, 7) is 9.53. The van der Waals surface area contributed by atoms with Gasteiger partial charge in [0.2, 0.25) is 0 Å². The average molecular weight is 236 g/mol. The van der Waals surface area contributed by atoms with Gasteiger partial charge in [-0.25, -0.2) is 0 Å². The van der Waals surface area contributed by atoms with Crippen molar-refractivity contribution >= 4 is 0 Å². The molecule has 0 aliphatic carbocycles. The summed E-state index contributed by atoms with van der Waals surface area (Å²) in [4.78, 5) is 0. The van der Waals surface area contributed by atoms with Crippen LogP contribution in [0.25, 0.3) is 0 Å². The van der Waals surface area contributed by atoms with Crippen LogP contribution in [0.5, 0.6) is 0 Å². The molecule has 1 fully saturated rings. The van der Waals surface area contributed by atoms with E-state index in [0.29, 0.717) is 6.10 Å². The summed E-state index contributed by atoms with van der Waals surface area (Å²) < 4.78 is 7.89. The predicted octanol–water partition coefficient (Wildman–Crippen LogP) is 2.56. The molecule has 2 heterocycles. The molecule has 0 bridgehead atoms. The van der Waals surface area contributed by atoms with E-state index < -0.39 is 0 Å². The zero-order valence-electron chi connectivity index (χ0n) is 11.2. The highest BCUT2D eigenvalue weighted by Gasteiger charge is 2.36. The topological polar surface area (TPSA) is 26.2 Å². The second-order valence-electron chi connectivity index (χ2n) is 5.29. The van der Waals surface area contributed by atoms with Crippen molar-refractivity contribution in [1.82, 2.24) is 9.88 Å². The number of rotatable bonds is 5. The van der Waals surface area contributed by atoms with Crippen LogP contribution in [0.4, 0.5) is 0 Å². The lowest BCUT2D eigenvalue weighted by Crippen LogP contribution is -2.47. The van der Waals surface area contributed by atoms with E-state index in [9.17, 15) is 0 Å². The smallest absolute Gasteiger partial charge is 0.0726 e. The van der Waals surface area contributed by atoms with Crippen LogP contribution in [0, 0.1) is 0 Å². The van der Waals surface area contributed by atoms with Gasteiger partial charge in [0.1, 0.15) is 0 Å². The maximum Gasteiger partial charge on any atom is 0.0726 e. The molecule has 3 heteroatoms. The van der Waals surface area contributed by atoms with E-state index >= 15 is 0 Å². The number of aromatic nitrogens is 1. The third kappa shape index (κ3) is 2.90. The highest BCUT2D eigenvalue weighted by Crippen LogP contribution is 2.25. The van der Waals surface area contributed by atoms with Gasteiger partial charge in [0.05, 0.1) is 6.10 Å². The molecule has 2 rings (SSSR count). The molecule has 96 valence electrons. The van der Waals surface area contributed by atoms with Gasteiger partial charge in [0, 0.05) is 37.6 Å². The van der Waals surface area contributed by atoms with Crippen molar-refractivity contribution in [2.75, 3.05) is 6.61 Å². The number of ether oxygens (including phenoxy) is 1. The van der Waals surface area contributed by atoms with Gasteiger partial charge in [-0.05, 0) is 38.3 Å². The molecule has 0 aromatic carbocycles. The Labute approximate surface area is 104 Å². The second-order valence-corrected chi connectivity index (χ2v) is 5.29. The molecular weight excluding hydrogens is 212 g/mol. The second kappa shape index (κ2) is 5.23. The number of hydrogen-bond donors (Lipinski definition) is 1. The van der Waals surface area contributed by atoms with Gasteiger partial charge in [-0.1, -0.05) is 6.92 Å². The summed E-state index contributed by atoms with van der Waals surface area (Å²) in [5, 5.41) is 3.64. The van der Waals surface area contributed by atoms with E-state index in [2.05, 4.69) is 49.1 Å². The van der Waals surface area contributed by atoms with Gasteiger partial charge in [-0.2, -0.15) is 0 Å². The van der Waals surface area contributed by atoms with Crippen molar-refractivity contribution in [1.29, 1.82) is 0 Å². The fourth-order valence-corrected chi connectivity index (χ4v) is 2.36. The first kappa shape index (κ1) is 12.7. The van der Waals surface area contributed by atoms with E-state index in [1.165, 1.54) is 12.0 Å². The molecule has 1 aliphatic rings. The predicted molar refractivity (Wildman–Crippen MR) is 70.0 cm³/mol. The first-order valence-corrected chi connectivity index (χ1v) is 6.65. The van der Waals surface area contributed by atoms with Crippen LogP contribution in [0.1, 0.15) is 39.2 Å². The molecule has 1 N–H and O–H groups in total. The molecule has 2 atom stereocenters. The van der Waals surface area contributed by atoms with Crippen LogP contribution in [-0.4, -0.2) is 22.8 Å². The molecule has 3 nitrogen and oxygen atoms in total. The summed E-state index contributed by atoms with van der Waals surface area (Å²) in [5.41, 5.74) is 1.49. The van der Waals surface area contributed by atoms with Crippen LogP contribution < -0.4 is 5.32 Å². The van der Waals surface area contributed by atoms with Gasteiger partial charge >= 0.3 is 0 Å². The van der Waals surface area contributed by atoms with Crippen LogP contribution >= 0.6 is 0 Å². The molecule has 1 aliphatic heterocycles. The van der Waals surface area contributed by atoms with Gasteiger partial charge in [0.15, 0.2) is 0 Å². The van der Waals surface area contributed by atoms with Crippen molar-refractivity contribution in [3.63, 3.8) is 0 Å². The van der Waals surface area contributed by atoms with E-state index in [1.54, 1.807) is 0 Å². The summed E-state index contributed by atoms with van der Waals surface area (Å²) in [5.74, 6) is 0.